The zero-order chi connectivity index (χ0) is 13.6. The molecule has 0 saturated heterocycles. The number of hydrogen-bond acceptors (Lipinski definition) is 2. The smallest absolute Gasteiger partial charge is 0.236 e. The number of rotatable bonds is 6. The number of hydrogen-bond donors (Lipinski definition) is 1. The summed E-state index contributed by atoms with van der Waals surface area (Å²) in [7, 11) is 0. The molecule has 2 fully saturated rings. The van der Waals surface area contributed by atoms with Gasteiger partial charge in [-0.2, -0.15) is 0 Å². The van der Waals surface area contributed by atoms with E-state index in [1.165, 1.54) is 12.8 Å². The highest BCUT2D eigenvalue weighted by atomic mass is 16.2. The molecule has 0 aromatic rings. The predicted octanol–water partition coefficient (Wildman–Crippen LogP) is 2.27. The van der Waals surface area contributed by atoms with Crippen molar-refractivity contribution in [2.45, 2.75) is 53.5 Å². The van der Waals surface area contributed by atoms with Gasteiger partial charge in [0.25, 0.3) is 0 Å². The lowest BCUT2D eigenvalue weighted by Crippen LogP contribution is -2.40. The number of carbonyl (C=O) groups is 1. The Bertz CT molecular complexity index is 317. The Hall–Kier alpha value is -0.570. The summed E-state index contributed by atoms with van der Waals surface area (Å²) in [4.78, 5) is 14.1. The Morgan fingerprint density at radius 2 is 1.78 bits per heavy atom. The second kappa shape index (κ2) is 4.52. The molecule has 0 aromatic heterocycles. The van der Waals surface area contributed by atoms with Crippen molar-refractivity contribution in [3.8, 4) is 0 Å². The van der Waals surface area contributed by atoms with E-state index in [0.717, 1.165) is 13.1 Å². The van der Waals surface area contributed by atoms with Crippen LogP contribution in [-0.4, -0.2) is 36.5 Å². The van der Waals surface area contributed by atoms with Crippen LogP contribution >= 0.6 is 0 Å². The number of nitrogens with zero attached hydrogens (tertiary/aromatic N) is 1. The molecule has 0 aromatic carbocycles. The van der Waals surface area contributed by atoms with E-state index in [2.05, 4.69) is 39.9 Å². The Morgan fingerprint density at radius 3 is 2.17 bits per heavy atom. The molecule has 0 spiro atoms. The number of amides is 1. The van der Waals surface area contributed by atoms with Crippen molar-refractivity contribution in [3.05, 3.63) is 0 Å². The largest absolute Gasteiger partial charge is 0.339 e. The van der Waals surface area contributed by atoms with Crippen LogP contribution in [0.2, 0.25) is 0 Å². The fourth-order valence-corrected chi connectivity index (χ4v) is 3.29. The van der Waals surface area contributed by atoms with Gasteiger partial charge in [-0.25, -0.2) is 0 Å². The first kappa shape index (κ1) is 13.9. The van der Waals surface area contributed by atoms with E-state index < -0.39 is 0 Å². The van der Waals surface area contributed by atoms with Crippen molar-refractivity contribution in [2.75, 3.05) is 19.6 Å². The fraction of sp³-hybridized carbons (Fsp3) is 0.933. The van der Waals surface area contributed by atoms with Crippen LogP contribution in [-0.2, 0) is 4.79 Å². The van der Waals surface area contributed by atoms with Gasteiger partial charge in [-0.15, -0.1) is 0 Å². The molecule has 3 heteroatoms. The van der Waals surface area contributed by atoms with Crippen LogP contribution in [0.3, 0.4) is 0 Å². The molecule has 2 aliphatic carbocycles. The molecule has 1 N–H and O–H groups in total. The molecule has 104 valence electrons. The van der Waals surface area contributed by atoms with Gasteiger partial charge >= 0.3 is 0 Å². The second-order valence-electron chi connectivity index (χ2n) is 7.04. The summed E-state index contributed by atoms with van der Waals surface area (Å²) < 4.78 is 0. The van der Waals surface area contributed by atoms with Crippen LogP contribution in [0.5, 0.6) is 0 Å². The van der Waals surface area contributed by atoms with E-state index in [1.54, 1.807) is 0 Å². The standard InChI is InChI=1S/C15H28N2O/c1-6-17(11-7-8-11)13(18)10-16-9-12-14(2,3)15(12,4)5/h11-12,16H,6-10H2,1-5H3. The molecule has 0 bridgehead atoms. The van der Waals surface area contributed by atoms with Crippen molar-refractivity contribution < 1.29 is 4.79 Å². The van der Waals surface area contributed by atoms with Gasteiger partial charge in [0.05, 0.1) is 6.54 Å². The third-order valence-corrected chi connectivity index (χ3v) is 5.59. The lowest BCUT2D eigenvalue weighted by atomic mass is 10.0. The predicted molar refractivity (Wildman–Crippen MR) is 74.3 cm³/mol. The van der Waals surface area contributed by atoms with E-state index >= 15 is 0 Å². The maximum Gasteiger partial charge on any atom is 0.236 e. The van der Waals surface area contributed by atoms with Crippen molar-refractivity contribution in [2.24, 2.45) is 16.7 Å². The van der Waals surface area contributed by atoms with Crippen LogP contribution in [0.25, 0.3) is 0 Å². The monoisotopic (exact) mass is 252 g/mol. The van der Waals surface area contributed by atoms with E-state index in [-0.39, 0.29) is 5.91 Å². The molecule has 18 heavy (non-hydrogen) atoms. The summed E-state index contributed by atoms with van der Waals surface area (Å²) in [6.07, 6.45) is 2.39. The van der Waals surface area contributed by atoms with Crippen LogP contribution in [0, 0.1) is 16.7 Å². The number of likely N-dealkylation sites (N-methyl/N-ethyl adjacent to an activating group) is 1. The van der Waals surface area contributed by atoms with Crippen LogP contribution in [0.15, 0.2) is 0 Å². The molecule has 1 amide bonds. The first-order valence-corrected chi connectivity index (χ1v) is 7.32. The number of nitrogens with one attached hydrogen (secondary N) is 1. The Labute approximate surface area is 111 Å². The Morgan fingerprint density at radius 1 is 1.22 bits per heavy atom. The van der Waals surface area contributed by atoms with Crippen molar-refractivity contribution in [1.29, 1.82) is 0 Å². The minimum Gasteiger partial charge on any atom is -0.339 e. The Kier molecular flexibility index (Phi) is 3.48. The quantitative estimate of drug-likeness (QED) is 0.786. The first-order chi connectivity index (χ1) is 8.32. The molecule has 0 unspecified atom stereocenters. The van der Waals surface area contributed by atoms with Gasteiger partial charge < -0.3 is 10.2 Å². The molecule has 0 radical (unpaired) electrons. The maximum atomic E-state index is 12.0. The highest BCUT2D eigenvalue weighted by Gasteiger charge is 2.63. The topological polar surface area (TPSA) is 32.3 Å². The van der Waals surface area contributed by atoms with Gasteiger partial charge in [0.1, 0.15) is 0 Å². The Balaban J connectivity index is 1.71. The van der Waals surface area contributed by atoms with Gasteiger partial charge in [-0.3, -0.25) is 4.79 Å². The molecular weight excluding hydrogens is 224 g/mol. The van der Waals surface area contributed by atoms with Crippen LogP contribution < -0.4 is 5.32 Å². The maximum absolute atomic E-state index is 12.0. The second-order valence-corrected chi connectivity index (χ2v) is 7.04. The molecule has 2 rings (SSSR count). The highest BCUT2D eigenvalue weighted by Crippen LogP contribution is 2.67. The lowest BCUT2D eigenvalue weighted by Gasteiger charge is -2.20. The molecule has 2 aliphatic rings. The van der Waals surface area contributed by atoms with Gasteiger partial charge in [0, 0.05) is 12.6 Å². The van der Waals surface area contributed by atoms with Gasteiger partial charge in [0.15, 0.2) is 0 Å². The molecule has 3 nitrogen and oxygen atoms in total. The molecule has 2 saturated carbocycles. The summed E-state index contributed by atoms with van der Waals surface area (Å²) in [5.41, 5.74) is 0.813. The molecule has 0 heterocycles. The van der Waals surface area contributed by atoms with Crippen LogP contribution in [0.4, 0.5) is 0 Å². The zero-order valence-corrected chi connectivity index (χ0v) is 12.5. The minimum absolute atomic E-state index is 0.274. The van der Waals surface area contributed by atoms with E-state index in [9.17, 15) is 4.79 Å². The summed E-state index contributed by atoms with van der Waals surface area (Å²) in [5, 5.41) is 3.36. The van der Waals surface area contributed by atoms with E-state index in [0.29, 0.717) is 29.3 Å². The third kappa shape index (κ3) is 2.29. The zero-order valence-electron chi connectivity index (χ0n) is 12.5. The van der Waals surface area contributed by atoms with Crippen molar-refractivity contribution in [3.63, 3.8) is 0 Å². The van der Waals surface area contributed by atoms with Crippen LogP contribution in [0.1, 0.15) is 47.5 Å². The SMILES string of the molecule is CCN(C(=O)CNCC1C(C)(C)C1(C)C)C1CC1. The number of carbonyl (C=O) groups excluding carboxylic acids is 1. The average molecular weight is 252 g/mol. The normalized spacial score (nSPS) is 24.9. The minimum atomic E-state index is 0.274. The van der Waals surface area contributed by atoms with Crippen molar-refractivity contribution >= 4 is 5.91 Å². The summed E-state index contributed by atoms with van der Waals surface area (Å²) in [6, 6.07) is 0.540. The molecular formula is C15H28N2O. The average Bonchev–Trinajstić information content (AvgIpc) is 3.14. The lowest BCUT2D eigenvalue weighted by molar-refractivity contribution is -0.130. The van der Waals surface area contributed by atoms with E-state index in [1.807, 2.05) is 4.90 Å². The van der Waals surface area contributed by atoms with Crippen molar-refractivity contribution in [1.82, 2.24) is 10.2 Å². The summed E-state index contributed by atoms with van der Waals surface area (Å²) in [5.74, 6) is 0.963. The molecule has 0 atom stereocenters. The first-order valence-electron chi connectivity index (χ1n) is 7.32. The highest BCUT2D eigenvalue weighted by molar-refractivity contribution is 5.78. The van der Waals surface area contributed by atoms with Gasteiger partial charge in [-0.1, -0.05) is 27.7 Å². The third-order valence-electron chi connectivity index (χ3n) is 5.59. The molecule has 0 aliphatic heterocycles. The van der Waals surface area contributed by atoms with Gasteiger partial charge in [0.2, 0.25) is 5.91 Å². The summed E-state index contributed by atoms with van der Waals surface area (Å²) in [6.45, 7) is 13.7. The fourth-order valence-electron chi connectivity index (χ4n) is 3.29. The van der Waals surface area contributed by atoms with E-state index in [4.69, 9.17) is 0 Å². The summed E-state index contributed by atoms with van der Waals surface area (Å²) >= 11 is 0. The van der Waals surface area contributed by atoms with Gasteiger partial charge in [-0.05, 0) is 43.1 Å².